The Balaban J connectivity index is 1.58. The minimum Gasteiger partial charge on any atom is -0.0882 e. The van der Waals surface area contributed by atoms with Crippen LogP contribution in [0.5, 0.6) is 0 Å². The summed E-state index contributed by atoms with van der Waals surface area (Å²) in [6.07, 6.45) is 7.30. The van der Waals surface area contributed by atoms with Crippen molar-refractivity contribution in [2.45, 2.75) is 24.2 Å². The van der Waals surface area contributed by atoms with Crippen LogP contribution < -0.4 is 0 Å². The van der Waals surface area contributed by atoms with Crippen molar-refractivity contribution in [1.82, 2.24) is 0 Å². The van der Waals surface area contributed by atoms with E-state index in [1.54, 1.807) is 0 Å². The summed E-state index contributed by atoms with van der Waals surface area (Å²) in [5.74, 6) is 1.01. The molecule has 0 radical (unpaired) electrons. The molecule has 2 aliphatic rings. The SMILES string of the molecule is Brc1ccc(-c2ccc(C3(c4ccccc4)c4ccccc4[C@H]4CCC=CC43)cc2)cc1. The molecule has 0 aromatic heterocycles. The first-order chi connectivity index (χ1) is 15.8. The van der Waals surface area contributed by atoms with Crippen molar-refractivity contribution in [3.05, 3.63) is 142 Å². The van der Waals surface area contributed by atoms with E-state index in [2.05, 4.69) is 131 Å². The van der Waals surface area contributed by atoms with Crippen molar-refractivity contribution in [2.24, 2.45) is 5.92 Å². The number of halogens is 1. The van der Waals surface area contributed by atoms with Crippen molar-refractivity contribution < 1.29 is 0 Å². The number of benzene rings is 4. The second kappa shape index (κ2) is 7.90. The van der Waals surface area contributed by atoms with Gasteiger partial charge in [-0.25, -0.2) is 0 Å². The molecule has 0 nitrogen and oxygen atoms in total. The predicted octanol–water partition coefficient (Wildman–Crippen LogP) is 8.51. The van der Waals surface area contributed by atoms with E-state index in [-0.39, 0.29) is 5.41 Å². The number of hydrogen-bond donors (Lipinski definition) is 0. The largest absolute Gasteiger partial charge is 0.0882 e. The van der Waals surface area contributed by atoms with Gasteiger partial charge in [-0.05, 0) is 64.3 Å². The maximum Gasteiger partial charge on any atom is 0.0522 e. The lowest BCUT2D eigenvalue weighted by Gasteiger charge is -2.39. The van der Waals surface area contributed by atoms with Crippen LogP contribution in [0.1, 0.15) is 41.0 Å². The third kappa shape index (κ3) is 2.95. The maximum absolute atomic E-state index is 3.55. The molecule has 6 rings (SSSR count). The Kier molecular flexibility index (Phi) is 4.88. The molecular formula is C31H25Br. The first-order valence-corrected chi connectivity index (χ1v) is 12.3. The van der Waals surface area contributed by atoms with Crippen molar-refractivity contribution in [3.63, 3.8) is 0 Å². The summed E-state index contributed by atoms with van der Waals surface area (Å²) < 4.78 is 1.11. The smallest absolute Gasteiger partial charge is 0.0522 e. The molecule has 0 aliphatic heterocycles. The fourth-order valence-corrected chi connectivity index (χ4v) is 6.38. The third-order valence-electron chi connectivity index (χ3n) is 7.45. The molecule has 0 saturated carbocycles. The van der Waals surface area contributed by atoms with Gasteiger partial charge in [0.1, 0.15) is 0 Å². The summed E-state index contributed by atoms with van der Waals surface area (Å²) in [5, 5.41) is 0. The molecule has 4 aromatic rings. The van der Waals surface area contributed by atoms with Crippen molar-refractivity contribution in [1.29, 1.82) is 0 Å². The highest BCUT2D eigenvalue weighted by atomic mass is 79.9. The number of fused-ring (bicyclic) bond motifs is 3. The topological polar surface area (TPSA) is 0 Å². The summed E-state index contributed by atoms with van der Waals surface area (Å²) in [6.45, 7) is 0. The normalized spacial score (nSPS) is 23.5. The summed E-state index contributed by atoms with van der Waals surface area (Å²) in [5.41, 5.74) is 8.13. The molecule has 0 N–H and O–H groups in total. The van der Waals surface area contributed by atoms with Crippen LogP contribution >= 0.6 is 15.9 Å². The minimum atomic E-state index is -0.155. The van der Waals surface area contributed by atoms with Crippen LogP contribution in [0.15, 0.2) is 120 Å². The van der Waals surface area contributed by atoms with E-state index in [0.717, 1.165) is 4.47 Å². The zero-order valence-electron chi connectivity index (χ0n) is 17.9. The summed E-state index contributed by atoms with van der Waals surface area (Å²) in [7, 11) is 0. The van der Waals surface area contributed by atoms with Gasteiger partial charge in [0, 0.05) is 10.4 Å². The average molecular weight is 477 g/mol. The molecule has 0 heterocycles. The zero-order valence-corrected chi connectivity index (χ0v) is 19.5. The summed E-state index contributed by atoms with van der Waals surface area (Å²) in [4.78, 5) is 0. The predicted molar refractivity (Wildman–Crippen MR) is 137 cm³/mol. The van der Waals surface area contributed by atoms with E-state index in [4.69, 9.17) is 0 Å². The number of allylic oxidation sites excluding steroid dienone is 2. The Morgan fingerprint density at radius 2 is 1.28 bits per heavy atom. The molecule has 3 atom stereocenters. The van der Waals surface area contributed by atoms with Crippen LogP contribution in [-0.4, -0.2) is 0 Å². The fourth-order valence-electron chi connectivity index (χ4n) is 6.12. The number of rotatable bonds is 3. The van der Waals surface area contributed by atoms with Gasteiger partial charge in [-0.2, -0.15) is 0 Å². The summed E-state index contributed by atoms with van der Waals surface area (Å²) >= 11 is 3.55. The van der Waals surface area contributed by atoms with Gasteiger partial charge in [0.25, 0.3) is 0 Å². The Morgan fingerprint density at radius 1 is 0.656 bits per heavy atom. The molecule has 0 bridgehead atoms. The lowest BCUT2D eigenvalue weighted by molar-refractivity contribution is 0.393. The highest BCUT2D eigenvalue weighted by Crippen LogP contribution is 2.60. The Morgan fingerprint density at radius 3 is 2.03 bits per heavy atom. The van der Waals surface area contributed by atoms with Gasteiger partial charge in [0.05, 0.1) is 5.41 Å². The van der Waals surface area contributed by atoms with Gasteiger partial charge in [-0.1, -0.05) is 119 Å². The second-order valence-corrected chi connectivity index (χ2v) is 9.90. The number of hydrogen-bond acceptors (Lipinski definition) is 0. The van der Waals surface area contributed by atoms with Crippen molar-refractivity contribution in [3.8, 4) is 11.1 Å². The van der Waals surface area contributed by atoms with E-state index in [1.165, 1.54) is 46.2 Å². The van der Waals surface area contributed by atoms with Gasteiger partial charge in [0.15, 0.2) is 0 Å². The lowest BCUT2D eigenvalue weighted by atomic mass is 9.62. The molecule has 2 unspecified atom stereocenters. The highest BCUT2D eigenvalue weighted by Gasteiger charge is 2.53. The van der Waals surface area contributed by atoms with Gasteiger partial charge < -0.3 is 0 Å². The van der Waals surface area contributed by atoms with Gasteiger partial charge in [-0.3, -0.25) is 0 Å². The zero-order chi connectivity index (χ0) is 21.5. The molecule has 32 heavy (non-hydrogen) atoms. The first kappa shape index (κ1) is 19.8. The van der Waals surface area contributed by atoms with Crippen LogP contribution in [0.2, 0.25) is 0 Å². The minimum absolute atomic E-state index is 0.155. The standard InChI is InChI=1S/C31H25Br/c32-26-20-16-23(17-21-26)22-14-18-25(19-15-22)31(24-8-2-1-3-9-24)29-12-6-4-10-27(29)28-11-5-7-13-30(28)31/h1-4,6-10,12-21,28,30H,5,11H2/t28-,30?,31?/m1/s1. The molecule has 4 aromatic carbocycles. The Hall–Kier alpha value is -2.90. The van der Waals surface area contributed by atoms with Crippen LogP contribution in [0.25, 0.3) is 11.1 Å². The van der Waals surface area contributed by atoms with Crippen LogP contribution in [0, 0.1) is 5.92 Å². The molecule has 0 amide bonds. The molecule has 0 fully saturated rings. The van der Waals surface area contributed by atoms with Gasteiger partial charge in [0.2, 0.25) is 0 Å². The Bertz CT molecular complexity index is 1270. The van der Waals surface area contributed by atoms with Crippen LogP contribution in [-0.2, 0) is 5.41 Å². The molecular weight excluding hydrogens is 452 g/mol. The quantitative estimate of drug-likeness (QED) is 0.260. The molecule has 1 heteroatoms. The van der Waals surface area contributed by atoms with Gasteiger partial charge >= 0.3 is 0 Å². The van der Waals surface area contributed by atoms with Crippen LogP contribution in [0.4, 0.5) is 0 Å². The third-order valence-corrected chi connectivity index (χ3v) is 7.98. The van der Waals surface area contributed by atoms with Crippen molar-refractivity contribution in [2.75, 3.05) is 0 Å². The van der Waals surface area contributed by atoms with Gasteiger partial charge in [-0.15, -0.1) is 0 Å². The summed E-state index contributed by atoms with van der Waals surface area (Å²) in [6, 6.07) is 38.2. The molecule has 2 aliphatic carbocycles. The second-order valence-electron chi connectivity index (χ2n) is 8.98. The monoisotopic (exact) mass is 476 g/mol. The maximum atomic E-state index is 3.55. The average Bonchev–Trinajstić information content (AvgIpc) is 3.17. The van der Waals surface area contributed by atoms with Crippen LogP contribution in [0.3, 0.4) is 0 Å². The lowest BCUT2D eigenvalue weighted by Crippen LogP contribution is -2.35. The van der Waals surface area contributed by atoms with Crippen molar-refractivity contribution >= 4 is 15.9 Å². The Labute approximate surface area is 198 Å². The van der Waals surface area contributed by atoms with E-state index in [1.807, 2.05) is 0 Å². The first-order valence-electron chi connectivity index (χ1n) is 11.5. The molecule has 156 valence electrons. The fraction of sp³-hybridized carbons (Fsp3) is 0.161. The van der Waals surface area contributed by atoms with E-state index in [0.29, 0.717) is 11.8 Å². The van der Waals surface area contributed by atoms with E-state index >= 15 is 0 Å². The van der Waals surface area contributed by atoms with E-state index < -0.39 is 0 Å². The highest BCUT2D eigenvalue weighted by molar-refractivity contribution is 9.10. The molecule has 0 saturated heterocycles. The molecule has 0 spiro atoms. The van der Waals surface area contributed by atoms with E-state index in [9.17, 15) is 0 Å².